The summed E-state index contributed by atoms with van der Waals surface area (Å²) in [5, 5.41) is 15.5. The molecular weight excluding hydrogens is 334 g/mol. The summed E-state index contributed by atoms with van der Waals surface area (Å²) in [6.07, 6.45) is 0.403. The van der Waals surface area contributed by atoms with Gasteiger partial charge in [0.1, 0.15) is 6.61 Å². The lowest BCUT2D eigenvalue weighted by atomic mass is 10.1. The Morgan fingerprint density at radius 3 is 2.48 bits per heavy atom. The Morgan fingerprint density at radius 2 is 1.84 bits per heavy atom. The zero-order chi connectivity index (χ0) is 18.1. The molecule has 0 radical (unpaired) electrons. The van der Waals surface area contributed by atoms with Crippen LogP contribution >= 0.6 is 12.2 Å². The molecule has 0 saturated heterocycles. The van der Waals surface area contributed by atoms with E-state index in [2.05, 4.69) is 16.7 Å². The summed E-state index contributed by atoms with van der Waals surface area (Å²) in [5.74, 6) is 1.40. The first-order chi connectivity index (χ1) is 12.1. The fourth-order valence-corrected chi connectivity index (χ4v) is 2.50. The van der Waals surface area contributed by atoms with Crippen LogP contribution in [0.2, 0.25) is 0 Å². The van der Waals surface area contributed by atoms with Gasteiger partial charge in [0.15, 0.2) is 16.6 Å². The van der Waals surface area contributed by atoms with Gasteiger partial charge in [0.25, 0.3) is 0 Å². The summed E-state index contributed by atoms with van der Waals surface area (Å²) in [4.78, 5) is 0. The number of anilines is 1. The predicted octanol–water partition coefficient (Wildman–Crippen LogP) is 3.52. The third-order valence-electron chi connectivity index (χ3n) is 3.43. The van der Waals surface area contributed by atoms with Crippen molar-refractivity contribution in [1.82, 2.24) is 5.32 Å². The Morgan fingerprint density at radius 1 is 1.16 bits per heavy atom. The van der Waals surface area contributed by atoms with Crippen LogP contribution in [-0.2, 0) is 6.42 Å². The molecular formula is C19H21N3O2S. The monoisotopic (exact) mass is 355 g/mol. The fraction of sp³-hybridized carbons (Fsp3) is 0.263. The quantitative estimate of drug-likeness (QED) is 0.741. The molecule has 2 rings (SSSR count). The van der Waals surface area contributed by atoms with Gasteiger partial charge in [-0.25, -0.2) is 0 Å². The standard InChI is InChI=1S/C19H21N3O2S/c1-14(13-24-18-6-4-3-5-17(18)23-2)21-19(25)22-16-9-7-15(8-10-16)11-12-20/h3-10,14H,11,13H2,1-2H3,(H2,21,22,25)/t14-/m0/s1. The van der Waals surface area contributed by atoms with E-state index in [0.29, 0.717) is 29.6 Å². The minimum absolute atomic E-state index is 0.0165. The fourth-order valence-electron chi connectivity index (χ4n) is 2.18. The zero-order valence-corrected chi connectivity index (χ0v) is 15.1. The van der Waals surface area contributed by atoms with Crippen LogP contribution in [0.1, 0.15) is 12.5 Å². The largest absolute Gasteiger partial charge is 0.493 e. The molecule has 0 aromatic heterocycles. The Hall–Kier alpha value is -2.78. The van der Waals surface area contributed by atoms with Gasteiger partial charge in [0.05, 0.1) is 25.6 Å². The van der Waals surface area contributed by atoms with Crippen LogP contribution in [0.5, 0.6) is 11.5 Å². The first kappa shape index (κ1) is 18.6. The average Bonchev–Trinajstić information content (AvgIpc) is 2.62. The molecule has 2 aromatic carbocycles. The molecule has 6 heteroatoms. The first-order valence-corrected chi connectivity index (χ1v) is 8.32. The van der Waals surface area contributed by atoms with Gasteiger partial charge in [-0.05, 0) is 49.0 Å². The summed E-state index contributed by atoms with van der Waals surface area (Å²) < 4.78 is 11.0. The number of thiocarbonyl (C=S) groups is 1. The SMILES string of the molecule is COc1ccccc1OC[C@H](C)NC(=S)Nc1ccc(CC#N)cc1. The summed E-state index contributed by atoms with van der Waals surface area (Å²) in [5.41, 5.74) is 1.85. The summed E-state index contributed by atoms with van der Waals surface area (Å²) in [6.45, 7) is 2.43. The molecule has 0 bridgehead atoms. The number of nitrogens with one attached hydrogen (secondary N) is 2. The number of methoxy groups -OCH3 is 1. The van der Waals surface area contributed by atoms with E-state index in [4.69, 9.17) is 27.0 Å². The number of para-hydroxylation sites is 2. The smallest absolute Gasteiger partial charge is 0.171 e. The Bertz CT molecular complexity index is 741. The van der Waals surface area contributed by atoms with Crippen LogP contribution in [0, 0.1) is 11.3 Å². The number of ether oxygens (including phenoxy) is 2. The highest BCUT2D eigenvalue weighted by molar-refractivity contribution is 7.80. The van der Waals surface area contributed by atoms with Gasteiger partial charge in [-0.15, -0.1) is 0 Å². The minimum atomic E-state index is 0.0165. The molecule has 0 aliphatic heterocycles. The topological polar surface area (TPSA) is 66.3 Å². The van der Waals surface area contributed by atoms with Gasteiger partial charge >= 0.3 is 0 Å². The lowest BCUT2D eigenvalue weighted by Crippen LogP contribution is -2.39. The molecule has 0 aliphatic rings. The van der Waals surface area contributed by atoms with E-state index < -0.39 is 0 Å². The van der Waals surface area contributed by atoms with Gasteiger partial charge in [-0.1, -0.05) is 24.3 Å². The molecule has 0 saturated carbocycles. The molecule has 2 N–H and O–H groups in total. The van der Waals surface area contributed by atoms with E-state index >= 15 is 0 Å². The number of benzene rings is 2. The highest BCUT2D eigenvalue weighted by atomic mass is 32.1. The Labute approximate surface area is 153 Å². The van der Waals surface area contributed by atoms with Crippen LogP contribution in [0.15, 0.2) is 48.5 Å². The molecule has 0 unspecified atom stereocenters. The average molecular weight is 355 g/mol. The van der Waals surface area contributed by atoms with Crippen LogP contribution in [0.4, 0.5) is 5.69 Å². The summed E-state index contributed by atoms with van der Waals surface area (Å²) in [7, 11) is 1.62. The van der Waals surface area contributed by atoms with Crippen molar-refractivity contribution >= 4 is 23.0 Å². The molecule has 1 atom stereocenters. The summed E-state index contributed by atoms with van der Waals surface area (Å²) in [6, 6.07) is 17.3. The van der Waals surface area contributed by atoms with Gasteiger partial charge < -0.3 is 20.1 Å². The van der Waals surface area contributed by atoms with E-state index in [1.54, 1.807) is 7.11 Å². The molecule has 0 spiro atoms. The van der Waals surface area contributed by atoms with Crippen LogP contribution < -0.4 is 20.1 Å². The van der Waals surface area contributed by atoms with Crippen molar-refractivity contribution < 1.29 is 9.47 Å². The summed E-state index contributed by atoms with van der Waals surface area (Å²) >= 11 is 5.32. The second-order valence-corrected chi connectivity index (χ2v) is 5.90. The highest BCUT2D eigenvalue weighted by Gasteiger charge is 2.08. The van der Waals surface area contributed by atoms with E-state index in [1.165, 1.54) is 0 Å². The van der Waals surface area contributed by atoms with Crippen molar-refractivity contribution in [2.24, 2.45) is 0 Å². The van der Waals surface area contributed by atoms with Crippen molar-refractivity contribution in [3.05, 3.63) is 54.1 Å². The van der Waals surface area contributed by atoms with Gasteiger partial charge in [-0.3, -0.25) is 0 Å². The second kappa shape index (κ2) is 9.50. The molecule has 0 amide bonds. The van der Waals surface area contributed by atoms with Crippen molar-refractivity contribution in [1.29, 1.82) is 5.26 Å². The van der Waals surface area contributed by atoms with Gasteiger partial charge in [0, 0.05) is 5.69 Å². The number of nitrogens with zero attached hydrogens (tertiary/aromatic N) is 1. The lowest BCUT2D eigenvalue weighted by molar-refractivity contribution is 0.270. The minimum Gasteiger partial charge on any atom is -0.493 e. The van der Waals surface area contributed by atoms with Crippen LogP contribution in [0.3, 0.4) is 0 Å². The van der Waals surface area contributed by atoms with Crippen molar-refractivity contribution in [2.75, 3.05) is 19.0 Å². The molecule has 5 nitrogen and oxygen atoms in total. The zero-order valence-electron chi connectivity index (χ0n) is 14.3. The molecule has 0 heterocycles. The van der Waals surface area contributed by atoms with E-state index in [0.717, 1.165) is 11.3 Å². The second-order valence-electron chi connectivity index (χ2n) is 5.49. The van der Waals surface area contributed by atoms with E-state index in [1.807, 2.05) is 55.5 Å². The molecule has 25 heavy (non-hydrogen) atoms. The Balaban J connectivity index is 1.80. The van der Waals surface area contributed by atoms with Crippen LogP contribution in [-0.4, -0.2) is 24.9 Å². The maximum atomic E-state index is 8.68. The van der Waals surface area contributed by atoms with E-state index in [9.17, 15) is 0 Å². The maximum Gasteiger partial charge on any atom is 0.171 e. The van der Waals surface area contributed by atoms with E-state index in [-0.39, 0.29) is 6.04 Å². The third-order valence-corrected chi connectivity index (χ3v) is 3.65. The molecule has 0 fully saturated rings. The third kappa shape index (κ3) is 5.98. The van der Waals surface area contributed by atoms with Crippen molar-refractivity contribution in [3.63, 3.8) is 0 Å². The first-order valence-electron chi connectivity index (χ1n) is 7.91. The predicted molar refractivity (Wildman–Crippen MR) is 103 cm³/mol. The highest BCUT2D eigenvalue weighted by Crippen LogP contribution is 2.25. The number of rotatable bonds is 7. The van der Waals surface area contributed by atoms with Gasteiger partial charge in [0.2, 0.25) is 0 Å². The molecule has 2 aromatic rings. The molecule has 0 aliphatic carbocycles. The van der Waals surface area contributed by atoms with Gasteiger partial charge in [-0.2, -0.15) is 5.26 Å². The number of nitriles is 1. The number of hydrogen-bond donors (Lipinski definition) is 2. The Kier molecular flexibility index (Phi) is 7.05. The van der Waals surface area contributed by atoms with Crippen molar-refractivity contribution in [3.8, 4) is 17.6 Å². The van der Waals surface area contributed by atoms with Crippen LogP contribution in [0.25, 0.3) is 0 Å². The molecule has 130 valence electrons. The van der Waals surface area contributed by atoms with Crippen molar-refractivity contribution in [2.45, 2.75) is 19.4 Å². The number of hydrogen-bond acceptors (Lipinski definition) is 4. The lowest BCUT2D eigenvalue weighted by Gasteiger charge is -2.18. The normalized spacial score (nSPS) is 11.1. The maximum absolute atomic E-state index is 8.68.